The summed E-state index contributed by atoms with van der Waals surface area (Å²) in [5.74, 6) is 0.246. The zero-order valence-electron chi connectivity index (χ0n) is 11.4. The van der Waals surface area contributed by atoms with Gasteiger partial charge in [0.2, 0.25) is 11.8 Å². The van der Waals surface area contributed by atoms with E-state index >= 15 is 0 Å². The van der Waals surface area contributed by atoms with Gasteiger partial charge in [0.1, 0.15) is 12.1 Å². The van der Waals surface area contributed by atoms with Crippen molar-refractivity contribution in [2.24, 2.45) is 5.92 Å². The van der Waals surface area contributed by atoms with Crippen molar-refractivity contribution in [3.8, 4) is 0 Å². The summed E-state index contributed by atoms with van der Waals surface area (Å²) in [5.41, 5.74) is 2.32. The first kappa shape index (κ1) is 15.0. The minimum Gasteiger partial charge on any atom is -0.343 e. The summed E-state index contributed by atoms with van der Waals surface area (Å²) in [7, 11) is 0. The average Bonchev–Trinajstić information content (AvgIpc) is 2.30. The lowest BCUT2D eigenvalue weighted by Gasteiger charge is -2.38. The monoisotopic (exact) mass is 272 g/mol. The van der Waals surface area contributed by atoms with Crippen LogP contribution in [-0.2, 0) is 9.59 Å². The lowest BCUT2D eigenvalue weighted by Crippen LogP contribution is -2.62. The predicted octanol–water partition coefficient (Wildman–Crippen LogP) is 1.89. The van der Waals surface area contributed by atoms with Crippen molar-refractivity contribution in [2.45, 2.75) is 46.2 Å². The fourth-order valence-electron chi connectivity index (χ4n) is 2.04. The van der Waals surface area contributed by atoms with Gasteiger partial charge in [-0.15, -0.1) is 0 Å². The Bertz CT molecular complexity index is 366. The Morgan fingerprint density at radius 1 is 1.50 bits per heavy atom. The summed E-state index contributed by atoms with van der Waals surface area (Å²) in [6, 6.07) is -0.843. The molecule has 5 heteroatoms. The van der Waals surface area contributed by atoms with Gasteiger partial charge in [0.15, 0.2) is 0 Å². The molecule has 1 heterocycles. The molecule has 1 fully saturated rings. The first-order valence-corrected chi connectivity index (χ1v) is 6.67. The lowest BCUT2D eigenvalue weighted by atomic mass is 9.98. The molecule has 0 aromatic rings. The van der Waals surface area contributed by atoms with Crippen molar-refractivity contribution in [3.63, 3.8) is 0 Å². The van der Waals surface area contributed by atoms with Crippen LogP contribution in [0.25, 0.3) is 0 Å². The molecule has 0 aromatic heterocycles. The molecule has 2 unspecified atom stereocenters. The van der Waals surface area contributed by atoms with Gasteiger partial charge in [-0.1, -0.05) is 25.4 Å². The third kappa shape index (κ3) is 3.48. The van der Waals surface area contributed by atoms with Crippen LogP contribution in [0.4, 0.5) is 0 Å². The van der Waals surface area contributed by atoms with Crippen LogP contribution in [0.1, 0.15) is 34.1 Å². The highest BCUT2D eigenvalue weighted by atomic mass is 35.5. The number of nitrogens with zero attached hydrogens (tertiary/aromatic N) is 1. The highest BCUT2D eigenvalue weighted by Crippen LogP contribution is 2.17. The number of hydrogen-bond donors (Lipinski definition) is 1. The first-order chi connectivity index (χ1) is 8.36. The number of piperazine rings is 1. The molecule has 1 aliphatic heterocycles. The minimum absolute atomic E-state index is 0.0198. The number of amides is 2. The molecule has 1 N–H and O–H groups in total. The molecule has 2 amide bonds. The highest BCUT2D eigenvalue weighted by molar-refractivity contribution is 6.25. The van der Waals surface area contributed by atoms with Crippen molar-refractivity contribution in [3.05, 3.63) is 11.1 Å². The number of halogens is 1. The summed E-state index contributed by atoms with van der Waals surface area (Å²) in [4.78, 5) is 25.8. The van der Waals surface area contributed by atoms with Crippen LogP contribution < -0.4 is 5.32 Å². The van der Waals surface area contributed by atoms with Gasteiger partial charge in [-0.25, -0.2) is 0 Å². The molecule has 0 bridgehead atoms. The Hall–Kier alpha value is -1.03. The number of nitrogens with one attached hydrogen (secondary N) is 1. The molecule has 4 nitrogen and oxygen atoms in total. The van der Waals surface area contributed by atoms with Crippen LogP contribution in [0.3, 0.4) is 0 Å². The smallest absolute Gasteiger partial charge is 0.246 e. The molecule has 1 saturated heterocycles. The lowest BCUT2D eigenvalue weighted by molar-refractivity contribution is -0.148. The van der Waals surface area contributed by atoms with E-state index < -0.39 is 12.1 Å². The van der Waals surface area contributed by atoms with Gasteiger partial charge >= 0.3 is 0 Å². The van der Waals surface area contributed by atoms with E-state index in [2.05, 4.69) is 5.32 Å². The van der Waals surface area contributed by atoms with Gasteiger partial charge in [-0.05, 0) is 31.8 Å². The molecule has 1 aliphatic rings. The molecule has 102 valence electrons. The van der Waals surface area contributed by atoms with Gasteiger partial charge in [0, 0.05) is 12.1 Å². The second kappa shape index (κ2) is 6.23. The van der Waals surface area contributed by atoms with Crippen molar-refractivity contribution in [2.75, 3.05) is 6.54 Å². The van der Waals surface area contributed by atoms with E-state index in [1.165, 1.54) is 5.54 Å². The first-order valence-electron chi connectivity index (χ1n) is 6.23. The van der Waals surface area contributed by atoms with Gasteiger partial charge < -0.3 is 10.2 Å². The van der Waals surface area contributed by atoms with Crippen LogP contribution in [-0.4, -0.2) is 35.3 Å². The van der Waals surface area contributed by atoms with Gasteiger partial charge in [-0.3, -0.25) is 9.59 Å². The van der Waals surface area contributed by atoms with Gasteiger partial charge in [-0.2, -0.15) is 0 Å². The van der Waals surface area contributed by atoms with Crippen molar-refractivity contribution in [1.29, 1.82) is 0 Å². The van der Waals surface area contributed by atoms with Gasteiger partial charge in [0.25, 0.3) is 0 Å². The van der Waals surface area contributed by atoms with Crippen LogP contribution in [0.15, 0.2) is 11.1 Å². The number of rotatable bonds is 4. The normalized spacial score (nSPS) is 25.7. The summed E-state index contributed by atoms with van der Waals surface area (Å²) >= 11 is 5.62. The minimum atomic E-state index is -0.438. The molecule has 0 aromatic carbocycles. The third-order valence-corrected chi connectivity index (χ3v) is 3.43. The molecule has 0 radical (unpaired) electrons. The second-order valence-corrected chi connectivity index (χ2v) is 5.51. The number of carbonyl (C=O) groups is 2. The molecule has 2 atom stereocenters. The molecule has 1 rings (SSSR count). The van der Waals surface area contributed by atoms with Crippen molar-refractivity contribution in [1.82, 2.24) is 10.2 Å². The van der Waals surface area contributed by atoms with E-state index in [0.29, 0.717) is 18.9 Å². The molecular formula is C13H21ClN2O2. The maximum atomic E-state index is 12.3. The predicted molar refractivity (Wildman–Crippen MR) is 72.2 cm³/mol. The standard InChI is InChI=1S/C13H21ClN2O2/c1-8(2)5-11-13(18)16(7-9(3)6-14)10(4)12(17)15-11/h6,8,10-11H,5,7H2,1-4H3,(H,15,17). The van der Waals surface area contributed by atoms with Crippen LogP contribution >= 0.6 is 11.6 Å². The average molecular weight is 273 g/mol. The van der Waals surface area contributed by atoms with Crippen molar-refractivity contribution < 1.29 is 9.59 Å². The van der Waals surface area contributed by atoms with Crippen LogP contribution in [0.5, 0.6) is 0 Å². The SMILES string of the molecule is CC(=CCl)CN1C(=O)C(CC(C)C)NC(=O)C1C. The molecule has 0 aliphatic carbocycles. The summed E-state index contributed by atoms with van der Waals surface area (Å²) in [6.07, 6.45) is 0.664. The summed E-state index contributed by atoms with van der Waals surface area (Å²) < 4.78 is 0. The van der Waals surface area contributed by atoms with Crippen LogP contribution in [0.2, 0.25) is 0 Å². The fraction of sp³-hybridized carbons (Fsp3) is 0.692. The quantitative estimate of drug-likeness (QED) is 0.850. The van der Waals surface area contributed by atoms with E-state index in [1.54, 1.807) is 11.8 Å². The number of hydrogen-bond acceptors (Lipinski definition) is 2. The van der Waals surface area contributed by atoms with Gasteiger partial charge in [0.05, 0.1) is 0 Å². The van der Waals surface area contributed by atoms with E-state index in [4.69, 9.17) is 11.6 Å². The Balaban J connectivity index is 2.85. The second-order valence-electron chi connectivity index (χ2n) is 5.29. The summed E-state index contributed by atoms with van der Waals surface area (Å²) in [6.45, 7) is 8.06. The Kier molecular flexibility index (Phi) is 5.20. The number of carbonyl (C=O) groups excluding carboxylic acids is 2. The maximum Gasteiger partial charge on any atom is 0.246 e. The molecular weight excluding hydrogens is 252 g/mol. The molecule has 18 heavy (non-hydrogen) atoms. The van der Waals surface area contributed by atoms with Crippen LogP contribution in [0, 0.1) is 5.92 Å². The van der Waals surface area contributed by atoms with Crippen molar-refractivity contribution >= 4 is 23.4 Å². The molecule has 0 spiro atoms. The largest absolute Gasteiger partial charge is 0.343 e. The van der Waals surface area contributed by atoms with E-state index in [1.807, 2.05) is 20.8 Å². The molecule has 0 saturated carbocycles. The maximum absolute atomic E-state index is 12.3. The third-order valence-electron chi connectivity index (χ3n) is 3.06. The zero-order chi connectivity index (χ0) is 13.9. The van der Waals surface area contributed by atoms with E-state index in [-0.39, 0.29) is 11.8 Å². The Morgan fingerprint density at radius 2 is 2.11 bits per heavy atom. The Morgan fingerprint density at radius 3 is 2.61 bits per heavy atom. The summed E-state index contributed by atoms with van der Waals surface area (Å²) in [5, 5.41) is 2.79. The topological polar surface area (TPSA) is 49.4 Å². The zero-order valence-corrected chi connectivity index (χ0v) is 12.1. The fourth-order valence-corrected chi connectivity index (χ4v) is 2.10. The van der Waals surface area contributed by atoms with E-state index in [0.717, 1.165) is 5.57 Å². The van der Waals surface area contributed by atoms with E-state index in [9.17, 15) is 9.59 Å². The highest BCUT2D eigenvalue weighted by Gasteiger charge is 2.37. The Labute approximate surface area is 113 Å².